The number of hydrogen-bond donors (Lipinski definition) is 1. The quantitative estimate of drug-likeness (QED) is 0.601. The Bertz CT molecular complexity index is 1200. The van der Waals surface area contributed by atoms with Crippen LogP contribution in [0.2, 0.25) is 0 Å². The number of ketones is 1. The van der Waals surface area contributed by atoms with Crippen molar-refractivity contribution in [3.8, 4) is 0 Å². The van der Waals surface area contributed by atoms with Crippen LogP contribution in [0, 0.1) is 0 Å². The van der Waals surface area contributed by atoms with Crippen LogP contribution < -0.4 is 5.73 Å². The molecule has 0 radical (unpaired) electrons. The number of amides is 2. The van der Waals surface area contributed by atoms with E-state index in [0.29, 0.717) is 18.5 Å². The van der Waals surface area contributed by atoms with E-state index < -0.39 is 22.0 Å². The van der Waals surface area contributed by atoms with Gasteiger partial charge < -0.3 is 10.6 Å². The normalized spacial score (nSPS) is 19.4. The number of nitrogens with two attached hydrogens (primary N) is 1. The number of fused-ring (bicyclic) bond motifs is 1. The van der Waals surface area contributed by atoms with Crippen molar-refractivity contribution in [1.29, 1.82) is 0 Å². The van der Waals surface area contributed by atoms with Gasteiger partial charge in [0.2, 0.25) is 21.8 Å². The van der Waals surface area contributed by atoms with E-state index in [9.17, 15) is 22.8 Å². The van der Waals surface area contributed by atoms with Gasteiger partial charge in [0.05, 0.1) is 17.5 Å². The molecule has 180 valence electrons. The maximum Gasteiger partial charge on any atom is 0.243 e. The second-order valence-electron chi connectivity index (χ2n) is 8.66. The molecule has 0 aromatic heterocycles. The van der Waals surface area contributed by atoms with E-state index >= 15 is 0 Å². The van der Waals surface area contributed by atoms with Gasteiger partial charge in [-0.05, 0) is 36.6 Å². The molecule has 0 saturated carbocycles. The van der Waals surface area contributed by atoms with Gasteiger partial charge >= 0.3 is 0 Å². The summed E-state index contributed by atoms with van der Waals surface area (Å²) in [5.41, 5.74) is 8.20. The SMILES string of the molecule is CC(=O)c1ccc(S(=O)(=O)N2CCN(C(=O)CN3Cc4ccccc4CC3C(N)=O)CC2)cc1. The van der Waals surface area contributed by atoms with Crippen molar-refractivity contribution in [1.82, 2.24) is 14.1 Å². The first-order valence-electron chi connectivity index (χ1n) is 11.2. The molecule has 1 saturated heterocycles. The molecule has 2 aliphatic rings. The fourth-order valence-corrected chi connectivity index (χ4v) is 5.91. The Morgan fingerprint density at radius 3 is 2.15 bits per heavy atom. The van der Waals surface area contributed by atoms with E-state index in [1.54, 1.807) is 9.80 Å². The third-order valence-corrected chi connectivity index (χ3v) is 8.42. The molecule has 2 amide bonds. The topological polar surface area (TPSA) is 121 Å². The molecule has 2 aromatic rings. The molecule has 2 aromatic carbocycles. The van der Waals surface area contributed by atoms with Crippen molar-refractivity contribution in [3.63, 3.8) is 0 Å². The molecule has 2 aliphatic heterocycles. The predicted octanol–water partition coefficient (Wildman–Crippen LogP) is 0.634. The average molecular weight is 485 g/mol. The van der Waals surface area contributed by atoms with Crippen LogP contribution in [0.15, 0.2) is 53.4 Å². The third kappa shape index (κ3) is 4.89. The summed E-state index contributed by atoms with van der Waals surface area (Å²) >= 11 is 0. The molecule has 9 nitrogen and oxygen atoms in total. The van der Waals surface area contributed by atoms with Crippen LogP contribution in [0.3, 0.4) is 0 Å². The summed E-state index contributed by atoms with van der Waals surface area (Å²) in [6.07, 6.45) is 0.466. The standard InChI is InChI=1S/C24H28N4O5S/c1-17(29)18-6-8-21(9-7-18)34(32,33)28-12-10-26(11-13-28)23(30)16-27-15-20-5-3-2-4-19(20)14-22(27)24(25)31/h2-9,22H,10-16H2,1H3,(H2,25,31). The molecule has 1 unspecified atom stereocenters. The van der Waals surface area contributed by atoms with Crippen LogP contribution >= 0.6 is 0 Å². The van der Waals surface area contributed by atoms with E-state index in [4.69, 9.17) is 5.73 Å². The van der Waals surface area contributed by atoms with Crippen molar-refractivity contribution >= 4 is 27.6 Å². The zero-order valence-electron chi connectivity index (χ0n) is 19.0. The second-order valence-corrected chi connectivity index (χ2v) is 10.6. The lowest BCUT2D eigenvalue weighted by Crippen LogP contribution is -2.55. The highest BCUT2D eigenvalue weighted by atomic mass is 32.2. The van der Waals surface area contributed by atoms with E-state index in [0.717, 1.165) is 11.1 Å². The van der Waals surface area contributed by atoms with Crippen LogP contribution in [0.25, 0.3) is 0 Å². The number of sulfonamides is 1. The summed E-state index contributed by atoms with van der Waals surface area (Å²) in [6.45, 7) is 2.79. The molecule has 0 bridgehead atoms. The smallest absolute Gasteiger partial charge is 0.243 e. The van der Waals surface area contributed by atoms with Crippen LogP contribution in [-0.2, 0) is 32.6 Å². The average Bonchev–Trinajstić information content (AvgIpc) is 2.83. The van der Waals surface area contributed by atoms with Crippen molar-refractivity contribution in [2.24, 2.45) is 5.73 Å². The lowest BCUT2D eigenvalue weighted by atomic mass is 9.93. The number of carbonyl (C=O) groups excluding carboxylic acids is 3. The summed E-state index contributed by atoms with van der Waals surface area (Å²) in [6, 6.07) is 13.1. The van der Waals surface area contributed by atoms with Gasteiger partial charge in [0, 0.05) is 38.3 Å². The molecule has 0 aliphatic carbocycles. The van der Waals surface area contributed by atoms with E-state index in [2.05, 4.69) is 0 Å². The molecule has 2 heterocycles. The Kier molecular flexibility index (Phi) is 6.83. The maximum atomic E-state index is 13.0. The minimum absolute atomic E-state index is 0.0429. The molecule has 1 atom stereocenters. The van der Waals surface area contributed by atoms with Crippen molar-refractivity contribution < 1.29 is 22.8 Å². The minimum Gasteiger partial charge on any atom is -0.368 e. The highest BCUT2D eigenvalue weighted by molar-refractivity contribution is 7.89. The van der Waals surface area contributed by atoms with Crippen LogP contribution in [0.4, 0.5) is 0 Å². The van der Waals surface area contributed by atoms with Gasteiger partial charge in [-0.2, -0.15) is 4.31 Å². The monoisotopic (exact) mass is 484 g/mol. The summed E-state index contributed by atoms with van der Waals surface area (Å²) < 4.78 is 27.3. The second kappa shape index (κ2) is 9.65. The maximum absolute atomic E-state index is 13.0. The summed E-state index contributed by atoms with van der Waals surface area (Å²) in [5, 5.41) is 0. The van der Waals surface area contributed by atoms with Gasteiger partial charge in [-0.15, -0.1) is 0 Å². The molecule has 10 heteroatoms. The Morgan fingerprint density at radius 1 is 0.941 bits per heavy atom. The van der Waals surface area contributed by atoms with Gasteiger partial charge in [0.15, 0.2) is 5.78 Å². The van der Waals surface area contributed by atoms with Gasteiger partial charge in [0.1, 0.15) is 0 Å². The molecule has 34 heavy (non-hydrogen) atoms. The number of primary amides is 1. The fraction of sp³-hybridized carbons (Fsp3) is 0.375. The lowest BCUT2D eigenvalue weighted by molar-refractivity contribution is -0.136. The lowest BCUT2D eigenvalue weighted by Gasteiger charge is -2.38. The van der Waals surface area contributed by atoms with E-state index in [-0.39, 0.29) is 49.3 Å². The van der Waals surface area contributed by atoms with Gasteiger partial charge in [-0.1, -0.05) is 36.4 Å². The van der Waals surface area contributed by atoms with Crippen LogP contribution in [-0.4, -0.2) is 78.9 Å². The summed E-state index contributed by atoms with van der Waals surface area (Å²) in [7, 11) is -3.72. The van der Waals surface area contributed by atoms with Crippen LogP contribution in [0.1, 0.15) is 28.4 Å². The number of piperazine rings is 1. The minimum atomic E-state index is -3.72. The number of carbonyl (C=O) groups is 3. The molecular formula is C24H28N4O5S. The number of nitrogens with zero attached hydrogens (tertiary/aromatic N) is 3. The fourth-order valence-electron chi connectivity index (χ4n) is 4.49. The predicted molar refractivity (Wildman–Crippen MR) is 125 cm³/mol. The van der Waals surface area contributed by atoms with Gasteiger partial charge in [0.25, 0.3) is 0 Å². The third-order valence-electron chi connectivity index (χ3n) is 6.50. The molecule has 2 N–H and O–H groups in total. The number of hydrogen-bond acceptors (Lipinski definition) is 6. The summed E-state index contributed by atoms with van der Waals surface area (Å²) in [5.74, 6) is -0.755. The number of Topliss-reactive ketones (excluding diaryl/α,β-unsaturated/α-hetero) is 1. The summed E-state index contributed by atoms with van der Waals surface area (Å²) in [4.78, 5) is 40.0. The van der Waals surface area contributed by atoms with Crippen molar-refractivity contribution in [3.05, 3.63) is 65.2 Å². The Hall–Kier alpha value is -3.08. The Balaban J connectivity index is 1.38. The highest BCUT2D eigenvalue weighted by Gasteiger charge is 2.34. The Morgan fingerprint density at radius 2 is 1.56 bits per heavy atom. The van der Waals surface area contributed by atoms with E-state index in [1.165, 1.54) is 35.5 Å². The van der Waals surface area contributed by atoms with E-state index in [1.807, 2.05) is 24.3 Å². The molecular weight excluding hydrogens is 456 g/mol. The van der Waals surface area contributed by atoms with Crippen LogP contribution in [0.5, 0.6) is 0 Å². The largest absolute Gasteiger partial charge is 0.368 e. The van der Waals surface area contributed by atoms with Gasteiger partial charge in [-0.25, -0.2) is 8.42 Å². The molecule has 0 spiro atoms. The first-order chi connectivity index (χ1) is 16.2. The first-order valence-corrected chi connectivity index (χ1v) is 12.6. The van der Waals surface area contributed by atoms with Crippen molar-refractivity contribution in [2.75, 3.05) is 32.7 Å². The molecule has 1 fully saturated rings. The number of benzene rings is 2. The zero-order chi connectivity index (χ0) is 24.5. The molecule has 4 rings (SSSR count). The van der Waals surface area contributed by atoms with Gasteiger partial charge in [-0.3, -0.25) is 19.3 Å². The zero-order valence-corrected chi connectivity index (χ0v) is 19.8. The Labute approximate surface area is 199 Å². The van der Waals surface area contributed by atoms with Crippen molar-refractivity contribution in [2.45, 2.75) is 30.8 Å². The highest BCUT2D eigenvalue weighted by Crippen LogP contribution is 2.24. The first kappa shape index (κ1) is 24.1. The number of rotatable bonds is 6.